The Hall–Kier alpha value is -3.93. The average molecular weight is 415 g/mol. The van der Waals surface area contributed by atoms with Gasteiger partial charge in [-0.2, -0.15) is 0 Å². The smallest absolute Gasteiger partial charge is 0.269 e. The second-order valence-electron chi connectivity index (χ2n) is 7.18. The fourth-order valence-electron chi connectivity index (χ4n) is 3.55. The van der Waals surface area contributed by atoms with Crippen molar-refractivity contribution in [2.75, 3.05) is 6.61 Å². The molecule has 1 aliphatic carbocycles. The van der Waals surface area contributed by atoms with Gasteiger partial charge in [-0.1, -0.05) is 30.3 Å². The highest BCUT2D eigenvalue weighted by atomic mass is 16.6. The number of nitro benzene ring substituents is 1. The minimum atomic E-state index is -0.432. The maximum absolute atomic E-state index is 12.6. The first-order valence-electron chi connectivity index (χ1n) is 10.0. The maximum Gasteiger partial charge on any atom is 0.269 e. The number of hydrogen-bond donors (Lipinski definition) is 0. The second kappa shape index (κ2) is 8.83. The molecule has 0 saturated heterocycles. The summed E-state index contributed by atoms with van der Waals surface area (Å²) in [6.45, 7) is 2.62. The number of carbonyl (C=O) groups is 1. The van der Waals surface area contributed by atoms with Crippen LogP contribution in [0.4, 0.5) is 5.69 Å². The molecule has 1 aliphatic rings. The van der Waals surface area contributed by atoms with Crippen molar-refractivity contribution in [2.45, 2.75) is 20.0 Å². The lowest BCUT2D eigenvalue weighted by molar-refractivity contribution is -0.384. The van der Waals surface area contributed by atoms with Gasteiger partial charge in [-0.3, -0.25) is 14.9 Å². The molecule has 0 amide bonds. The molecule has 6 heteroatoms. The van der Waals surface area contributed by atoms with Crippen molar-refractivity contribution in [1.82, 2.24) is 0 Å². The van der Waals surface area contributed by atoms with Crippen LogP contribution in [0.25, 0.3) is 6.08 Å². The van der Waals surface area contributed by atoms with Crippen molar-refractivity contribution in [2.24, 2.45) is 0 Å². The first kappa shape index (κ1) is 20.3. The number of benzene rings is 3. The summed E-state index contributed by atoms with van der Waals surface area (Å²) >= 11 is 0. The third kappa shape index (κ3) is 4.48. The third-order valence-corrected chi connectivity index (χ3v) is 5.08. The van der Waals surface area contributed by atoms with Crippen LogP contribution in [0.2, 0.25) is 0 Å². The fraction of sp³-hybridized carbons (Fsp3) is 0.160. The molecule has 0 fully saturated rings. The van der Waals surface area contributed by atoms with Gasteiger partial charge >= 0.3 is 0 Å². The zero-order valence-electron chi connectivity index (χ0n) is 17.0. The number of Topliss-reactive ketones (excluding diaryl/α,β-unsaturated/α-hetero) is 1. The van der Waals surface area contributed by atoms with Gasteiger partial charge in [0.15, 0.2) is 17.3 Å². The van der Waals surface area contributed by atoms with Gasteiger partial charge in [0, 0.05) is 29.7 Å². The molecule has 3 aromatic carbocycles. The summed E-state index contributed by atoms with van der Waals surface area (Å²) in [7, 11) is 0. The summed E-state index contributed by atoms with van der Waals surface area (Å²) in [5.74, 6) is 1.22. The van der Waals surface area contributed by atoms with Crippen LogP contribution in [0.3, 0.4) is 0 Å². The Morgan fingerprint density at radius 2 is 1.77 bits per heavy atom. The predicted octanol–water partition coefficient (Wildman–Crippen LogP) is 5.39. The Morgan fingerprint density at radius 3 is 2.48 bits per heavy atom. The van der Waals surface area contributed by atoms with Crippen molar-refractivity contribution in [3.8, 4) is 11.5 Å². The van der Waals surface area contributed by atoms with E-state index in [-0.39, 0.29) is 18.1 Å². The highest BCUT2D eigenvalue weighted by molar-refractivity contribution is 6.15. The predicted molar refractivity (Wildman–Crippen MR) is 117 cm³/mol. The number of allylic oxidation sites excluding steroid dienone is 1. The van der Waals surface area contributed by atoms with Crippen molar-refractivity contribution in [1.29, 1.82) is 0 Å². The molecule has 0 atom stereocenters. The summed E-state index contributed by atoms with van der Waals surface area (Å²) in [6.07, 6.45) is 2.52. The van der Waals surface area contributed by atoms with Crippen LogP contribution >= 0.6 is 0 Å². The lowest BCUT2D eigenvalue weighted by Crippen LogP contribution is -2.00. The Kier molecular flexibility index (Phi) is 5.80. The molecule has 0 radical (unpaired) electrons. The molecule has 6 nitrogen and oxygen atoms in total. The molecule has 0 aliphatic heterocycles. The van der Waals surface area contributed by atoms with Crippen LogP contribution in [-0.4, -0.2) is 17.3 Å². The Bertz CT molecular complexity index is 1160. The lowest BCUT2D eigenvalue weighted by atomic mass is 10.1. The van der Waals surface area contributed by atoms with E-state index in [1.807, 2.05) is 55.5 Å². The van der Waals surface area contributed by atoms with E-state index in [9.17, 15) is 14.9 Å². The molecule has 0 bridgehead atoms. The van der Waals surface area contributed by atoms with Crippen molar-refractivity contribution < 1.29 is 19.2 Å². The van der Waals surface area contributed by atoms with Crippen molar-refractivity contribution >= 4 is 17.5 Å². The minimum absolute atomic E-state index is 0.0414. The molecular formula is C25H21NO5. The molecule has 0 unspecified atom stereocenters. The third-order valence-electron chi connectivity index (χ3n) is 5.08. The largest absolute Gasteiger partial charge is 0.490 e. The molecule has 3 aromatic rings. The lowest BCUT2D eigenvalue weighted by Gasteiger charge is -2.13. The van der Waals surface area contributed by atoms with Gasteiger partial charge in [0.05, 0.1) is 11.5 Å². The number of ether oxygens (including phenoxy) is 2. The summed E-state index contributed by atoms with van der Waals surface area (Å²) in [6, 6.07) is 19.5. The van der Waals surface area contributed by atoms with Gasteiger partial charge < -0.3 is 9.47 Å². The van der Waals surface area contributed by atoms with E-state index in [4.69, 9.17) is 9.47 Å². The highest BCUT2D eigenvalue weighted by Crippen LogP contribution is 2.32. The van der Waals surface area contributed by atoms with E-state index < -0.39 is 4.92 Å². The fourth-order valence-corrected chi connectivity index (χ4v) is 3.55. The van der Waals surface area contributed by atoms with Crippen molar-refractivity contribution in [3.05, 3.63) is 105 Å². The van der Waals surface area contributed by atoms with Gasteiger partial charge in [0.25, 0.3) is 5.69 Å². The van der Waals surface area contributed by atoms with E-state index in [1.54, 1.807) is 12.1 Å². The molecular weight excluding hydrogens is 394 g/mol. The van der Waals surface area contributed by atoms with Crippen molar-refractivity contribution in [3.63, 3.8) is 0 Å². The number of non-ortho nitro benzene ring substituents is 1. The summed E-state index contributed by atoms with van der Waals surface area (Å²) < 4.78 is 11.6. The van der Waals surface area contributed by atoms with E-state index in [1.165, 1.54) is 12.1 Å². The topological polar surface area (TPSA) is 78.7 Å². The summed E-state index contributed by atoms with van der Waals surface area (Å²) in [4.78, 5) is 23.0. The highest BCUT2D eigenvalue weighted by Gasteiger charge is 2.24. The zero-order valence-corrected chi connectivity index (χ0v) is 17.0. The van der Waals surface area contributed by atoms with Gasteiger partial charge in [-0.25, -0.2) is 0 Å². The molecule has 4 rings (SSSR count). The quantitative estimate of drug-likeness (QED) is 0.293. The number of fused-ring (bicyclic) bond motifs is 1. The first-order chi connectivity index (χ1) is 15.0. The van der Waals surface area contributed by atoms with Crippen LogP contribution in [0.5, 0.6) is 11.5 Å². The van der Waals surface area contributed by atoms with Gasteiger partial charge in [0.1, 0.15) is 6.61 Å². The molecule has 156 valence electrons. The van der Waals surface area contributed by atoms with Gasteiger partial charge in [-0.05, 0) is 54.0 Å². The van der Waals surface area contributed by atoms with Crippen LogP contribution < -0.4 is 9.47 Å². The average Bonchev–Trinajstić information content (AvgIpc) is 3.09. The van der Waals surface area contributed by atoms with E-state index in [0.29, 0.717) is 24.5 Å². The number of hydrogen-bond acceptors (Lipinski definition) is 5. The first-order valence-corrected chi connectivity index (χ1v) is 10.0. The normalized spacial score (nSPS) is 13.8. The van der Waals surface area contributed by atoms with Crippen LogP contribution in [0.1, 0.15) is 34.0 Å². The number of ketones is 1. The number of nitro groups is 1. The number of nitrogens with zero attached hydrogens (tertiary/aromatic N) is 1. The van der Waals surface area contributed by atoms with E-state index >= 15 is 0 Å². The molecule has 0 spiro atoms. The van der Waals surface area contributed by atoms with E-state index in [0.717, 1.165) is 27.8 Å². The Morgan fingerprint density at radius 1 is 1.00 bits per heavy atom. The zero-order chi connectivity index (χ0) is 21.8. The molecule has 0 N–H and O–H groups in total. The minimum Gasteiger partial charge on any atom is -0.490 e. The van der Waals surface area contributed by atoms with Crippen LogP contribution in [0.15, 0.2) is 72.3 Å². The van der Waals surface area contributed by atoms with Gasteiger partial charge in [-0.15, -0.1) is 0 Å². The Labute approximate surface area is 179 Å². The van der Waals surface area contributed by atoms with Crippen LogP contribution in [-0.2, 0) is 13.0 Å². The summed E-state index contributed by atoms with van der Waals surface area (Å²) in [5.41, 5.74) is 4.28. The maximum atomic E-state index is 12.6. The molecule has 0 saturated carbocycles. The standard InChI is InChI=1S/C25H21NO5/c1-2-30-24-14-18(13-20-15-19-5-3-4-6-22(19)25(20)27)9-12-23(24)31-16-17-7-10-21(11-8-17)26(28)29/h3-14H,2,15-16H2,1H3/b20-13+. The second-order valence-corrected chi connectivity index (χ2v) is 7.18. The van der Waals surface area contributed by atoms with E-state index in [2.05, 4.69) is 0 Å². The molecule has 31 heavy (non-hydrogen) atoms. The summed E-state index contributed by atoms with van der Waals surface area (Å²) in [5, 5.41) is 10.8. The molecule has 0 heterocycles. The molecule has 0 aromatic heterocycles. The van der Waals surface area contributed by atoms with Gasteiger partial charge in [0.2, 0.25) is 0 Å². The monoisotopic (exact) mass is 415 g/mol. The van der Waals surface area contributed by atoms with Crippen LogP contribution in [0, 0.1) is 10.1 Å². The Balaban J connectivity index is 1.52. The SMILES string of the molecule is CCOc1cc(/C=C2\Cc3ccccc3C2=O)ccc1OCc1ccc([N+](=O)[O-])cc1. The number of rotatable bonds is 7. The number of carbonyl (C=O) groups excluding carboxylic acids is 1.